The molecule has 0 fully saturated rings. The SMILES string of the molecule is [2H]c1c([N+]#[C-])ccc2c1oc1c(-c3cccc[n+]3C)c(C)ccc12. The van der Waals surface area contributed by atoms with Crippen LogP contribution in [-0.4, -0.2) is 0 Å². The van der Waals surface area contributed by atoms with Gasteiger partial charge in [0.25, 0.3) is 0 Å². The molecule has 0 N–H and O–H groups in total. The van der Waals surface area contributed by atoms with Gasteiger partial charge in [-0.2, -0.15) is 0 Å². The van der Waals surface area contributed by atoms with E-state index < -0.39 is 0 Å². The fourth-order valence-corrected chi connectivity index (χ4v) is 3.02. The van der Waals surface area contributed by atoms with Crippen LogP contribution in [-0.2, 0) is 7.05 Å². The molecule has 0 atom stereocenters. The van der Waals surface area contributed by atoms with Crippen molar-refractivity contribution >= 4 is 27.6 Å². The molecule has 0 saturated carbocycles. The van der Waals surface area contributed by atoms with Crippen molar-refractivity contribution in [3.05, 3.63) is 71.7 Å². The van der Waals surface area contributed by atoms with Crippen LogP contribution in [0, 0.1) is 13.5 Å². The van der Waals surface area contributed by atoms with E-state index in [1.165, 1.54) is 0 Å². The number of aryl methyl sites for hydroxylation is 2. The van der Waals surface area contributed by atoms with Crippen LogP contribution in [0.5, 0.6) is 0 Å². The number of pyridine rings is 1. The molecule has 0 unspecified atom stereocenters. The maximum absolute atomic E-state index is 8.23. The Labute approximate surface area is 135 Å². The highest BCUT2D eigenvalue weighted by atomic mass is 16.3. The van der Waals surface area contributed by atoms with E-state index in [1.807, 2.05) is 37.5 Å². The van der Waals surface area contributed by atoms with Crippen LogP contribution in [0.3, 0.4) is 0 Å². The Bertz CT molecular complexity index is 1150. The van der Waals surface area contributed by atoms with Crippen LogP contribution >= 0.6 is 0 Å². The molecule has 0 radical (unpaired) electrons. The molecule has 0 spiro atoms. The van der Waals surface area contributed by atoms with Gasteiger partial charge in [0, 0.05) is 22.9 Å². The fourth-order valence-electron chi connectivity index (χ4n) is 3.02. The van der Waals surface area contributed by atoms with Crippen molar-refractivity contribution in [1.82, 2.24) is 0 Å². The van der Waals surface area contributed by atoms with E-state index in [1.54, 1.807) is 6.07 Å². The van der Waals surface area contributed by atoms with Crippen molar-refractivity contribution in [3.63, 3.8) is 0 Å². The molecule has 0 amide bonds. The second-order valence-corrected chi connectivity index (χ2v) is 5.63. The van der Waals surface area contributed by atoms with Gasteiger partial charge >= 0.3 is 0 Å². The summed E-state index contributed by atoms with van der Waals surface area (Å²) in [6.07, 6.45) is 2.00. The number of rotatable bonds is 1. The van der Waals surface area contributed by atoms with Crippen LogP contribution < -0.4 is 4.57 Å². The highest BCUT2D eigenvalue weighted by Crippen LogP contribution is 2.37. The topological polar surface area (TPSA) is 21.4 Å². The summed E-state index contributed by atoms with van der Waals surface area (Å²) >= 11 is 0. The van der Waals surface area contributed by atoms with Crippen molar-refractivity contribution in [2.24, 2.45) is 7.05 Å². The van der Waals surface area contributed by atoms with Gasteiger partial charge < -0.3 is 4.42 Å². The Morgan fingerprint density at radius 2 is 1.96 bits per heavy atom. The standard InChI is InChI=1S/C20H15N2O/c1-13-7-9-16-15-10-8-14(21-2)12-18(15)23-20(16)19(13)17-6-4-5-11-22(17)3/h4-12H,1,3H3/q+1/i12D. The molecule has 4 rings (SSSR count). The predicted octanol–water partition coefficient (Wildman–Crippen LogP) is 4.94. The quantitative estimate of drug-likeness (QED) is 0.360. The third kappa shape index (κ3) is 2.00. The molecule has 0 aliphatic carbocycles. The Morgan fingerprint density at radius 3 is 2.74 bits per heavy atom. The van der Waals surface area contributed by atoms with Gasteiger partial charge in [0.2, 0.25) is 5.69 Å². The van der Waals surface area contributed by atoms with Crippen LogP contribution in [0.4, 0.5) is 5.69 Å². The molecular formula is C20H15N2O+. The maximum Gasteiger partial charge on any atom is 0.216 e. The summed E-state index contributed by atoms with van der Waals surface area (Å²) in [5, 5.41) is 1.85. The zero-order valence-corrected chi connectivity index (χ0v) is 12.9. The number of hydrogen-bond donors (Lipinski definition) is 0. The lowest BCUT2D eigenvalue weighted by atomic mass is 10.0. The third-order valence-corrected chi connectivity index (χ3v) is 4.19. The molecule has 2 heterocycles. The largest absolute Gasteiger partial charge is 0.456 e. The molecule has 2 aromatic heterocycles. The molecule has 23 heavy (non-hydrogen) atoms. The minimum absolute atomic E-state index is 0.153. The molecule has 4 aromatic rings. The zero-order chi connectivity index (χ0) is 16.8. The monoisotopic (exact) mass is 300 g/mol. The zero-order valence-electron chi connectivity index (χ0n) is 13.9. The van der Waals surface area contributed by atoms with Crippen molar-refractivity contribution < 1.29 is 10.4 Å². The minimum atomic E-state index is 0.153. The summed E-state index contributed by atoms with van der Waals surface area (Å²) < 4.78 is 16.4. The first kappa shape index (κ1) is 12.4. The summed E-state index contributed by atoms with van der Waals surface area (Å²) in [7, 11) is 2.00. The van der Waals surface area contributed by atoms with Gasteiger partial charge in [0.15, 0.2) is 11.9 Å². The number of aromatic nitrogens is 1. The van der Waals surface area contributed by atoms with Gasteiger partial charge in [-0.15, -0.1) is 0 Å². The van der Waals surface area contributed by atoms with E-state index in [-0.39, 0.29) is 6.04 Å². The number of benzene rings is 2. The van der Waals surface area contributed by atoms with Crippen molar-refractivity contribution in [2.75, 3.05) is 0 Å². The van der Waals surface area contributed by atoms with Gasteiger partial charge in [0.05, 0.1) is 13.5 Å². The predicted molar refractivity (Wildman–Crippen MR) is 91.3 cm³/mol. The molecule has 3 heteroatoms. The Morgan fingerprint density at radius 1 is 1.13 bits per heavy atom. The van der Waals surface area contributed by atoms with Gasteiger partial charge in [0.1, 0.15) is 18.2 Å². The summed E-state index contributed by atoms with van der Waals surface area (Å²) in [5.74, 6) is 0. The first-order valence-electron chi connectivity index (χ1n) is 7.89. The smallest absolute Gasteiger partial charge is 0.216 e. The Hall–Kier alpha value is -3.12. The molecule has 0 aliphatic heterocycles. The van der Waals surface area contributed by atoms with E-state index in [9.17, 15) is 0 Å². The Balaban J connectivity index is 2.17. The Kier molecular flexibility index (Phi) is 2.68. The van der Waals surface area contributed by atoms with E-state index in [2.05, 4.69) is 28.5 Å². The van der Waals surface area contributed by atoms with Crippen LogP contribution in [0.1, 0.15) is 6.93 Å². The summed E-state index contributed by atoms with van der Waals surface area (Å²) in [6, 6.07) is 13.9. The van der Waals surface area contributed by atoms with Crippen LogP contribution in [0.25, 0.3) is 38.0 Å². The van der Waals surface area contributed by atoms with Crippen LogP contribution in [0.2, 0.25) is 0 Å². The minimum Gasteiger partial charge on any atom is -0.456 e. The number of furan rings is 1. The highest BCUT2D eigenvalue weighted by Gasteiger charge is 2.19. The van der Waals surface area contributed by atoms with E-state index in [4.69, 9.17) is 12.4 Å². The molecular weight excluding hydrogens is 284 g/mol. The molecule has 3 nitrogen and oxygen atoms in total. The van der Waals surface area contributed by atoms with Gasteiger partial charge in [-0.25, -0.2) is 9.41 Å². The maximum atomic E-state index is 8.23. The lowest BCUT2D eigenvalue weighted by molar-refractivity contribution is -0.660. The molecule has 0 saturated heterocycles. The first-order chi connectivity index (χ1) is 11.6. The van der Waals surface area contributed by atoms with Gasteiger partial charge in [-0.1, -0.05) is 24.3 Å². The average Bonchev–Trinajstić information content (AvgIpc) is 2.96. The summed E-state index contributed by atoms with van der Waals surface area (Å²) in [6.45, 7) is 9.25. The van der Waals surface area contributed by atoms with Crippen molar-refractivity contribution in [3.8, 4) is 11.3 Å². The van der Waals surface area contributed by atoms with E-state index in [0.29, 0.717) is 11.3 Å². The van der Waals surface area contributed by atoms with Crippen molar-refractivity contribution in [2.45, 2.75) is 6.92 Å². The van der Waals surface area contributed by atoms with E-state index in [0.717, 1.165) is 33.2 Å². The summed E-state index contributed by atoms with van der Waals surface area (Å²) in [5.41, 5.74) is 4.74. The highest BCUT2D eigenvalue weighted by molar-refractivity contribution is 6.10. The van der Waals surface area contributed by atoms with Gasteiger partial charge in [-0.05, 0) is 24.6 Å². The number of hydrogen-bond acceptors (Lipinski definition) is 1. The normalized spacial score (nSPS) is 11.6. The second-order valence-electron chi connectivity index (χ2n) is 5.63. The lowest BCUT2D eigenvalue weighted by Gasteiger charge is -2.04. The van der Waals surface area contributed by atoms with Crippen molar-refractivity contribution in [1.29, 1.82) is 0 Å². The molecule has 0 aliphatic rings. The average molecular weight is 300 g/mol. The van der Waals surface area contributed by atoms with Gasteiger partial charge in [-0.3, -0.25) is 0 Å². The number of fused-ring (bicyclic) bond motifs is 3. The fraction of sp³-hybridized carbons (Fsp3) is 0.100. The number of nitrogens with zero attached hydrogens (tertiary/aromatic N) is 2. The van der Waals surface area contributed by atoms with E-state index >= 15 is 0 Å². The molecule has 110 valence electrons. The molecule has 0 bridgehead atoms. The lowest BCUT2D eigenvalue weighted by Crippen LogP contribution is -2.30. The first-order valence-corrected chi connectivity index (χ1v) is 7.39. The van der Waals surface area contributed by atoms with Crippen LogP contribution in [0.15, 0.2) is 59.1 Å². The second kappa shape index (κ2) is 4.96. The third-order valence-electron chi connectivity index (χ3n) is 4.19. The molecule has 2 aromatic carbocycles. The summed E-state index contributed by atoms with van der Waals surface area (Å²) in [4.78, 5) is 3.40.